The number of hydrogen-bond donors (Lipinski definition) is 2. The Morgan fingerprint density at radius 1 is 0.939 bits per heavy atom. The van der Waals surface area contributed by atoms with E-state index in [2.05, 4.69) is 61.5 Å². The summed E-state index contributed by atoms with van der Waals surface area (Å²) in [7, 11) is 8.20. The van der Waals surface area contributed by atoms with Crippen LogP contribution in [0.3, 0.4) is 0 Å². The van der Waals surface area contributed by atoms with E-state index in [0.29, 0.717) is 31.1 Å². The van der Waals surface area contributed by atoms with E-state index in [4.69, 9.17) is 4.74 Å². The summed E-state index contributed by atoms with van der Waals surface area (Å²) in [5.74, 6) is 1.36. The van der Waals surface area contributed by atoms with Crippen LogP contribution in [0.1, 0.15) is 28.7 Å². The van der Waals surface area contributed by atoms with E-state index in [1.54, 1.807) is 6.20 Å². The lowest BCUT2D eigenvalue weighted by molar-refractivity contribution is 0.313. The Hall–Kier alpha value is -3.16. The van der Waals surface area contributed by atoms with Gasteiger partial charge in [-0.05, 0) is 63.4 Å². The van der Waals surface area contributed by atoms with Crippen LogP contribution in [0.5, 0.6) is 5.75 Å². The van der Waals surface area contributed by atoms with E-state index >= 15 is 0 Å². The minimum absolute atomic E-state index is 0.112. The van der Waals surface area contributed by atoms with Gasteiger partial charge in [0.05, 0.1) is 6.61 Å². The molecule has 0 aliphatic rings. The summed E-state index contributed by atoms with van der Waals surface area (Å²) in [6, 6.07) is 16.5. The Balaban J connectivity index is 1.43. The molecule has 3 aromatic rings. The Bertz CT molecular complexity index is 1060. The summed E-state index contributed by atoms with van der Waals surface area (Å²) < 4.78 is 5.85. The molecule has 7 nitrogen and oxygen atoms in total. The van der Waals surface area contributed by atoms with Gasteiger partial charge in [0.15, 0.2) is 0 Å². The number of aromatic nitrogens is 2. The molecule has 0 spiro atoms. The molecule has 0 atom stereocenters. The van der Waals surface area contributed by atoms with Crippen LogP contribution in [0.15, 0.2) is 59.5 Å². The second kappa shape index (κ2) is 12.2. The average Bonchev–Trinajstić information content (AvgIpc) is 2.76. The Morgan fingerprint density at radius 3 is 2.33 bits per heavy atom. The molecule has 7 heteroatoms. The topological polar surface area (TPSA) is 73.5 Å². The van der Waals surface area contributed by atoms with Gasteiger partial charge in [0.25, 0.3) is 5.56 Å². The van der Waals surface area contributed by atoms with Gasteiger partial charge in [0.2, 0.25) is 5.95 Å². The van der Waals surface area contributed by atoms with Crippen molar-refractivity contribution in [1.29, 1.82) is 0 Å². The zero-order valence-electron chi connectivity index (χ0n) is 20.1. The third-order valence-corrected chi connectivity index (χ3v) is 5.07. The number of ether oxygens (including phenoxy) is 1. The minimum atomic E-state index is -0.112. The first-order valence-electron chi connectivity index (χ1n) is 11.3. The zero-order chi connectivity index (χ0) is 23.6. The first kappa shape index (κ1) is 24.5. The fraction of sp³-hybridized carbons (Fsp3) is 0.385. The molecule has 0 unspecified atom stereocenters. The van der Waals surface area contributed by atoms with Crippen LogP contribution in [0.4, 0.5) is 5.95 Å². The summed E-state index contributed by atoms with van der Waals surface area (Å²) in [5, 5.41) is 3.17. The van der Waals surface area contributed by atoms with Crippen molar-refractivity contribution >= 4 is 5.95 Å². The lowest BCUT2D eigenvalue weighted by atomic mass is 10.1. The number of rotatable bonds is 12. The van der Waals surface area contributed by atoms with Crippen molar-refractivity contribution in [1.82, 2.24) is 19.8 Å². The van der Waals surface area contributed by atoms with Gasteiger partial charge in [0, 0.05) is 37.8 Å². The summed E-state index contributed by atoms with van der Waals surface area (Å²) in [6.45, 7) is 3.03. The van der Waals surface area contributed by atoms with Gasteiger partial charge in [-0.15, -0.1) is 0 Å². The summed E-state index contributed by atoms with van der Waals surface area (Å²) in [4.78, 5) is 23.9. The van der Waals surface area contributed by atoms with Crippen molar-refractivity contribution in [3.05, 3.63) is 87.3 Å². The molecule has 1 heterocycles. The maximum Gasteiger partial charge on any atom is 0.255 e. The predicted octanol–water partition coefficient (Wildman–Crippen LogP) is 3.36. The number of hydrogen-bond acceptors (Lipinski definition) is 6. The minimum Gasteiger partial charge on any atom is -0.494 e. The van der Waals surface area contributed by atoms with E-state index in [-0.39, 0.29) is 5.56 Å². The van der Waals surface area contributed by atoms with Crippen molar-refractivity contribution in [2.45, 2.75) is 25.9 Å². The standard InChI is InChI=1S/C26H35N5O2/c1-30(2)18-21-11-9-20(10-12-21)15-23-17-28-26(29-25(23)32)27-13-6-14-33-24-8-5-7-22(16-24)19-31(3)4/h5,7-12,16-17H,6,13-15,18-19H2,1-4H3,(H2,27,28,29,32). The van der Waals surface area contributed by atoms with Crippen LogP contribution in [0.25, 0.3) is 0 Å². The summed E-state index contributed by atoms with van der Waals surface area (Å²) >= 11 is 0. The second-order valence-corrected chi connectivity index (χ2v) is 8.83. The number of nitrogens with zero attached hydrogens (tertiary/aromatic N) is 3. The molecule has 0 radical (unpaired) electrons. The molecule has 0 saturated heterocycles. The molecule has 0 aliphatic heterocycles. The SMILES string of the molecule is CN(C)Cc1ccc(Cc2cnc(NCCCOc3cccc(CN(C)C)c3)[nH]c2=O)cc1. The predicted molar refractivity (Wildman–Crippen MR) is 134 cm³/mol. The van der Waals surface area contributed by atoms with Crippen LogP contribution >= 0.6 is 0 Å². The zero-order valence-corrected chi connectivity index (χ0v) is 20.1. The van der Waals surface area contributed by atoms with Crippen molar-refractivity contribution in [2.24, 2.45) is 0 Å². The lowest BCUT2D eigenvalue weighted by Gasteiger charge is -2.12. The molecule has 0 bridgehead atoms. The molecule has 2 aromatic carbocycles. The first-order chi connectivity index (χ1) is 15.9. The number of nitrogens with one attached hydrogen (secondary N) is 2. The molecule has 0 amide bonds. The number of anilines is 1. The van der Waals surface area contributed by atoms with Gasteiger partial charge in [-0.3, -0.25) is 9.78 Å². The first-order valence-corrected chi connectivity index (χ1v) is 11.3. The van der Waals surface area contributed by atoms with Gasteiger partial charge < -0.3 is 19.9 Å². The monoisotopic (exact) mass is 449 g/mol. The largest absolute Gasteiger partial charge is 0.494 e. The van der Waals surface area contributed by atoms with Crippen molar-refractivity contribution in [3.63, 3.8) is 0 Å². The third kappa shape index (κ3) is 8.36. The van der Waals surface area contributed by atoms with E-state index in [0.717, 1.165) is 30.8 Å². The van der Waals surface area contributed by atoms with Crippen LogP contribution in [0, 0.1) is 0 Å². The highest BCUT2D eigenvalue weighted by Gasteiger charge is 2.05. The van der Waals surface area contributed by atoms with E-state index in [9.17, 15) is 4.79 Å². The van der Waals surface area contributed by atoms with Gasteiger partial charge in [0.1, 0.15) is 5.75 Å². The fourth-order valence-electron chi connectivity index (χ4n) is 3.55. The normalized spacial score (nSPS) is 11.2. The molecule has 0 fully saturated rings. The van der Waals surface area contributed by atoms with Crippen molar-refractivity contribution in [3.8, 4) is 5.75 Å². The van der Waals surface area contributed by atoms with Gasteiger partial charge in [-0.25, -0.2) is 4.98 Å². The Labute approximate surface area is 196 Å². The number of benzene rings is 2. The molecule has 0 aliphatic carbocycles. The van der Waals surface area contributed by atoms with Crippen LogP contribution < -0.4 is 15.6 Å². The fourth-order valence-corrected chi connectivity index (χ4v) is 3.55. The van der Waals surface area contributed by atoms with Crippen LogP contribution in [-0.4, -0.2) is 61.1 Å². The average molecular weight is 450 g/mol. The highest BCUT2D eigenvalue weighted by atomic mass is 16.5. The molecule has 2 N–H and O–H groups in total. The van der Waals surface area contributed by atoms with Gasteiger partial charge >= 0.3 is 0 Å². The Kier molecular flexibility index (Phi) is 9.04. The maximum absolute atomic E-state index is 12.5. The van der Waals surface area contributed by atoms with E-state index in [1.807, 2.05) is 40.3 Å². The van der Waals surface area contributed by atoms with Crippen LogP contribution in [0.2, 0.25) is 0 Å². The van der Waals surface area contributed by atoms with Gasteiger partial charge in [-0.1, -0.05) is 36.4 Å². The Morgan fingerprint density at radius 2 is 1.64 bits per heavy atom. The summed E-state index contributed by atoms with van der Waals surface area (Å²) in [6.07, 6.45) is 3.01. The summed E-state index contributed by atoms with van der Waals surface area (Å²) in [5.41, 5.74) is 4.11. The number of H-pyrrole nitrogens is 1. The quantitative estimate of drug-likeness (QED) is 0.413. The third-order valence-electron chi connectivity index (χ3n) is 5.07. The molecule has 1 aromatic heterocycles. The highest BCUT2D eigenvalue weighted by Crippen LogP contribution is 2.14. The maximum atomic E-state index is 12.5. The highest BCUT2D eigenvalue weighted by molar-refractivity contribution is 5.30. The number of aromatic amines is 1. The molecular formula is C26H35N5O2. The van der Waals surface area contributed by atoms with E-state index in [1.165, 1.54) is 11.1 Å². The molecule has 176 valence electrons. The second-order valence-electron chi connectivity index (χ2n) is 8.83. The molecule has 0 saturated carbocycles. The van der Waals surface area contributed by atoms with Crippen LogP contribution in [-0.2, 0) is 19.5 Å². The lowest BCUT2D eigenvalue weighted by Crippen LogP contribution is -2.18. The molecule has 3 rings (SSSR count). The van der Waals surface area contributed by atoms with Gasteiger partial charge in [-0.2, -0.15) is 0 Å². The smallest absolute Gasteiger partial charge is 0.255 e. The van der Waals surface area contributed by atoms with Crippen molar-refractivity contribution in [2.75, 3.05) is 46.7 Å². The molecule has 33 heavy (non-hydrogen) atoms. The van der Waals surface area contributed by atoms with E-state index < -0.39 is 0 Å². The van der Waals surface area contributed by atoms with Crippen molar-refractivity contribution < 1.29 is 4.74 Å². The molecular weight excluding hydrogens is 414 g/mol.